The molecule has 1 aromatic carbocycles. The number of amides is 1. The van der Waals surface area contributed by atoms with Gasteiger partial charge >= 0.3 is 0 Å². The first-order valence-electron chi connectivity index (χ1n) is 10.4. The zero-order valence-corrected chi connectivity index (χ0v) is 17.6. The molecule has 2 heterocycles. The van der Waals surface area contributed by atoms with Crippen LogP contribution in [0.25, 0.3) is 0 Å². The van der Waals surface area contributed by atoms with Gasteiger partial charge in [0, 0.05) is 35.6 Å². The lowest BCUT2D eigenvalue weighted by Gasteiger charge is -2.27. The van der Waals surface area contributed by atoms with Gasteiger partial charge in [0.2, 0.25) is 0 Å². The number of halogens is 1. The summed E-state index contributed by atoms with van der Waals surface area (Å²) in [4.78, 5) is 12.7. The molecule has 0 spiro atoms. The highest BCUT2D eigenvalue weighted by molar-refractivity contribution is 5.95. The number of carbonyl (C=O) groups excluding carboxylic acids is 1. The largest absolute Gasteiger partial charge is 0.486 e. The van der Waals surface area contributed by atoms with Crippen LogP contribution in [-0.2, 0) is 20.8 Å². The van der Waals surface area contributed by atoms with Gasteiger partial charge in [-0.25, -0.2) is 4.39 Å². The second-order valence-electron chi connectivity index (χ2n) is 7.75. The normalized spacial score (nSPS) is 25.6. The van der Waals surface area contributed by atoms with Crippen LogP contribution >= 0.6 is 0 Å². The molecule has 4 N–H and O–H groups in total. The van der Waals surface area contributed by atoms with Crippen LogP contribution in [0.3, 0.4) is 0 Å². The maximum Gasteiger partial charge on any atom is 0.251 e. The number of nitrogens with one attached hydrogen (secondary N) is 2. The molecule has 0 aromatic heterocycles. The van der Waals surface area contributed by atoms with E-state index in [4.69, 9.17) is 24.7 Å². The van der Waals surface area contributed by atoms with Crippen LogP contribution in [0.2, 0.25) is 0 Å². The zero-order chi connectivity index (χ0) is 21.5. The van der Waals surface area contributed by atoms with Crippen molar-refractivity contribution < 1.29 is 28.1 Å². The van der Waals surface area contributed by atoms with Gasteiger partial charge in [-0.15, -0.1) is 0 Å². The second-order valence-corrected chi connectivity index (χ2v) is 7.75. The summed E-state index contributed by atoms with van der Waals surface area (Å²) < 4.78 is 35.7. The quantitative estimate of drug-likeness (QED) is 0.385. The van der Waals surface area contributed by atoms with Gasteiger partial charge in [0.05, 0.1) is 32.6 Å². The van der Waals surface area contributed by atoms with Crippen molar-refractivity contribution in [2.24, 2.45) is 5.73 Å². The Bertz CT molecular complexity index is 712. The Kier molecular flexibility index (Phi) is 8.41. The smallest absolute Gasteiger partial charge is 0.251 e. The zero-order valence-electron chi connectivity index (χ0n) is 17.6. The number of fused-ring (bicyclic) bond motifs is 1. The molecule has 8 nitrogen and oxygen atoms in total. The highest BCUT2D eigenvalue weighted by Crippen LogP contribution is 2.41. The Morgan fingerprint density at radius 3 is 2.80 bits per heavy atom. The average Bonchev–Trinajstić information content (AvgIpc) is 3.08. The predicted octanol–water partition coefficient (Wildman–Crippen LogP) is 1.42. The first kappa shape index (κ1) is 22.9. The predicted molar refractivity (Wildman–Crippen MR) is 109 cm³/mol. The number of carbonyl (C=O) groups is 1. The van der Waals surface area contributed by atoms with Crippen molar-refractivity contribution in [3.05, 3.63) is 28.8 Å². The molecular weight excluding hydrogens is 393 g/mol. The van der Waals surface area contributed by atoms with E-state index in [1.165, 1.54) is 0 Å². The molecule has 0 bridgehead atoms. The summed E-state index contributed by atoms with van der Waals surface area (Å²) >= 11 is 0. The minimum absolute atomic E-state index is 0.0737. The average molecular weight is 426 g/mol. The standard InChI is InChI=1S/C21H32FN3O5/c1-13-17-7-14(6-15(9-27-12-24-2)20(17)30-18(13)8-22)21(26)25-5-3-4-19-28-10-16(23)11-29-19/h6-7,13,16,18-19,24H,3-5,8-12,23H2,1-2H3,(H,25,26)/t13-,16-,18+,19-/m0/s1. The van der Waals surface area contributed by atoms with Gasteiger partial charge in [-0.3, -0.25) is 10.1 Å². The van der Waals surface area contributed by atoms with Crippen molar-refractivity contribution in [3.8, 4) is 5.75 Å². The van der Waals surface area contributed by atoms with Crippen molar-refractivity contribution in [1.29, 1.82) is 0 Å². The molecule has 0 radical (unpaired) electrons. The van der Waals surface area contributed by atoms with Crippen molar-refractivity contribution in [3.63, 3.8) is 0 Å². The van der Waals surface area contributed by atoms with Crippen LogP contribution in [0.15, 0.2) is 12.1 Å². The Balaban J connectivity index is 1.59. The number of nitrogens with two attached hydrogens (primary N) is 1. The van der Waals surface area contributed by atoms with Gasteiger partial charge in [-0.05, 0) is 25.6 Å². The number of hydrogen-bond donors (Lipinski definition) is 3. The summed E-state index contributed by atoms with van der Waals surface area (Å²) in [5.74, 6) is 0.312. The molecule has 3 rings (SSSR count). The molecule has 2 atom stereocenters. The molecular formula is C21H32FN3O5. The van der Waals surface area contributed by atoms with E-state index < -0.39 is 12.8 Å². The summed E-state index contributed by atoms with van der Waals surface area (Å²) in [7, 11) is 1.78. The summed E-state index contributed by atoms with van der Waals surface area (Å²) in [5.41, 5.74) is 7.83. The Morgan fingerprint density at radius 2 is 2.10 bits per heavy atom. The Labute approximate surface area is 176 Å². The lowest BCUT2D eigenvalue weighted by atomic mass is 9.94. The van der Waals surface area contributed by atoms with E-state index in [0.717, 1.165) is 17.5 Å². The molecule has 0 saturated carbocycles. The minimum Gasteiger partial charge on any atom is -0.486 e. The van der Waals surface area contributed by atoms with Gasteiger partial charge in [0.25, 0.3) is 5.91 Å². The molecule has 30 heavy (non-hydrogen) atoms. The molecule has 1 amide bonds. The molecule has 1 fully saturated rings. The summed E-state index contributed by atoms with van der Waals surface area (Å²) in [6.07, 6.45) is 0.597. The highest BCUT2D eigenvalue weighted by atomic mass is 19.1. The number of benzene rings is 1. The number of rotatable bonds is 10. The minimum atomic E-state index is -0.579. The third-order valence-electron chi connectivity index (χ3n) is 5.32. The molecule has 1 aromatic rings. The summed E-state index contributed by atoms with van der Waals surface area (Å²) in [6, 6.07) is 3.48. The first-order chi connectivity index (χ1) is 14.5. The fourth-order valence-corrected chi connectivity index (χ4v) is 3.61. The molecule has 0 aliphatic carbocycles. The Morgan fingerprint density at radius 1 is 1.33 bits per heavy atom. The van der Waals surface area contributed by atoms with Gasteiger partial charge in [-0.2, -0.15) is 0 Å². The van der Waals surface area contributed by atoms with E-state index in [2.05, 4.69) is 10.6 Å². The van der Waals surface area contributed by atoms with Crippen molar-refractivity contribution in [2.75, 3.05) is 40.2 Å². The number of alkyl halides is 1. The highest BCUT2D eigenvalue weighted by Gasteiger charge is 2.34. The lowest BCUT2D eigenvalue weighted by Crippen LogP contribution is -2.41. The van der Waals surface area contributed by atoms with E-state index in [1.807, 2.05) is 6.92 Å². The monoisotopic (exact) mass is 425 g/mol. The fraction of sp³-hybridized carbons (Fsp3) is 0.667. The third kappa shape index (κ3) is 5.67. The van der Waals surface area contributed by atoms with Gasteiger partial charge in [0.15, 0.2) is 6.29 Å². The van der Waals surface area contributed by atoms with Gasteiger partial charge in [-0.1, -0.05) is 6.92 Å². The van der Waals surface area contributed by atoms with Crippen molar-refractivity contribution in [2.45, 2.75) is 50.7 Å². The maximum absolute atomic E-state index is 13.3. The van der Waals surface area contributed by atoms with E-state index in [1.54, 1.807) is 19.2 Å². The number of hydrogen-bond acceptors (Lipinski definition) is 7. The van der Waals surface area contributed by atoms with Crippen molar-refractivity contribution in [1.82, 2.24) is 10.6 Å². The van der Waals surface area contributed by atoms with Crippen LogP contribution in [0.1, 0.15) is 47.2 Å². The van der Waals surface area contributed by atoms with Gasteiger partial charge in [0.1, 0.15) is 18.5 Å². The molecule has 2 aliphatic heterocycles. The van der Waals surface area contributed by atoms with E-state index >= 15 is 0 Å². The van der Waals surface area contributed by atoms with E-state index in [0.29, 0.717) is 44.2 Å². The van der Waals surface area contributed by atoms with Crippen LogP contribution in [0.4, 0.5) is 4.39 Å². The fourth-order valence-electron chi connectivity index (χ4n) is 3.61. The van der Waals surface area contributed by atoms with Crippen LogP contribution in [0.5, 0.6) is 5.75 Å². The number of ether oxygens (including phenoxy) is 4. The van der Waals surface area contributed by atoms with Crippen LogP contribution < -0.4 is 21.1 Å². The molecule has 2 aliphatic rings. The molecule has 9 heteroatoms. The van der Waals surface area contributed by atoms with E-state index in [-0.39, 0.29) is 30.8 Å². The molecule has 1 saturated heterocycles. The summed E-state index contributed by atoms with van der Waals surface area (Å²) in [6.45, 7) is 3.44. The lowest BCUT2D eigenvalue weighted by molar-refractivity contribution is -0.188. The summed E-state index contributed by atoms with van der Waals surface area (Å²) in [5, 5.41) is 5.84. The topological polar surface area (TPSA) is 104 Å². The SMILES string of the molecule is CNCOCc1cc(C(=O)NCCC[C@H]2OC[C@H](N)CO2)cc2c1O[C@H](CF)[C@H]2C. The maximum atomic E-state index is 13.3. The van der Waals surface area contributed by atoms with Crippen LogP contribution in [-0.4, -0.2) is 64.6 Å². The Hall–Kier alpha value is -1.78. The van der Waals surface area contributed by atoms with Crippen LogP contribution in [0, 0.1) is 0 Å². The molecule has 168 valence electrons. The first-order valence-corrected chi connectivity index (χ1v) is 10.4. The molecule has 0 unspecified atom stereocenters. The second kappa shape index (κ2) is 11.0. The van der Waals surface area contributed by atoms with Crippen molar-refractivity contribution >= 4 is 5.91 Å². The van der Waals surface area contributed by atoms with Gasteiger partial charge < -0.3 is 30.0 Å². The van der Waals surface area contributed by atoms with E-state index in [9.17, 15) is 9.18 Å². The third-order valence-corrected chi connectivity index (χ3v) is 5.32.